The van der Waals surface area contributed by atoms with Gasteiger partial charge >= 0.3 is 5.69 Å². The van der Waals surface area contributed by atoms with Gasteiger partial charge in [-0.2, -0.15) is 9.78 Å². The van der Waals surface area contributed by atoms with E-state index in [1.54, 1.807) is 23.0 Å². The number of aryl methyl sites for hydroxylation is 1. The van der Waals surface area contributed by atoms with Crippen molar-refractivity contribution in [2.45, 2.75) is 30.7 Å². The summed E-state index contributed by atoms with van der Waals surface area (Å²) >= 11 is 4.97. The number of aromatic nitrogens is 3. The van der Waals surface area contributed by atoms with Gasteiger partial charge in [0, 0.05) is 28.3 Å². The first-order valence-electron chi connectivity index (χ1n) is 9.20. The highest BCUT2D eigenvalue weighted by atomic mass is 79.9. The highest BCUT2D eigenvalue weighted by molar-refractivity contribution is 9.10. The summed E-state index contributed by atoms with van der Waals surface area (Å²) in [4.78, 5) is 10.8. The maximum absolute atomic E-state index is 11.2. The molecule has 2 aromatic carbocycles. The highest BCUT2D eigenvalue weighted by Crippen LogP contribution is 2.27. The van der Waals surface area contributed by atoms with Gasteiger partial charge in [-0.05, 0) is 36.2 Å². The number of thioether (sulfide) groups is 1. The van der Waals surface area contributed by atoms with Crippen molar-refractivity contribution in [2.24, 2.45) is 5.10 Å². The number of halogens is 1. The van der Waals surface area contributed by atoms with Gasteiger partial charge in [0.25, 0.3) is 0 Å². The molecule has 0 unspecified atom stereocenters. The minimum Gasteiger partial charge on any atom is -0.490 e. The van der Waals surface area contributed by atoms with Gasteiger partial charge in [0.2, 0.25) is 5.16 Å². The molecule has 8 nitrogen and oxygen atoms in total. The van der Waals surface area contributed by atoms with Gasteiger partial charge in [0.05, 0.1) is 18.2 Å². The third kappa shape index (κ3) is 5.45. The van der Waals surface area contributed by atoms with Gasteiger partial charge in [0.15, 0.2) is 11.6 Å². The second-order valence-electron chi connectivity index (χ2n) is 6.31. The van der Waals surface area contributed by atoms with Crippen LogP contribution >= 0.6 is 27.7 Å². The van der Waals surface area contributed by atoms with E-state index in [1.165, 1.54) is 24.9 Å². The van der Waals surface area contributed by atoms with E-state index in [-0.39, 0.29) is 11.4 Å². The van der Waals surface area contributed by atoms with E-state index in [4.69, 9.17) is 4.74 Å². The molecule has 0 aliphatic carbocycles. The maximum Gasteiger partial charge on any atom is 0.311 e. The van der Waals surface area contributed by atoms with Crippen LogP contribution in [0.4, 0.5) is 5.69 Å². The molecule has 30 heavy (non-hydrogen) atoms. The lowest BCUT2D eigenvalue weighted by Gasteiger charge is -2.05. The predicted octanol–water partition coefficient (Wildman–Crippen LogP) is 5.08. The van der Waals surface area contributed by atoms with E-state index < -0.39 is 4.92 Å². The summed E-state index contributed by atoms with van der Waals surface area (Å²) in [5.74, 6) is 1.68. The van der Waals surface area contributed by atoms with Crippen LogP contribution in [0, 0.1) is 10.1 Å². The Balaban J connectivity index is 1.85. The molecule has 1 heterocycles. The Morgan fingerprint density at radius 3 is 2.70 bits per heavy atom. The fourth-order valence-corrected chi connectivity index (χ4v) is 3.79. The molecule has 3 rings (SSSR count). The van der Waals surface area contributed by atoms with E-state index >= 15 is 0 Å². The summed E-state index contributed by atoms with van der Waals surface area (Å²) < 4.78 is 7.77. The number of nitrogens with zero attached hydrogens (tertiary/aromatic N) is 5. The van der Waals surface area contributed by atoms with Crippen LogP contribution in [0.5, 0.6) is 5.75 Å². The van der Waals surface area contributed by atoms with Crippen LogP contribution in [0.2, 0.25) is 0 Å². The standard InChI is InChI=1S/C20H20BrN5O3S/c1-3-4-19-23-24-20(30-13-14-5-8-16(21)9-6-14)25(19)22-12-15-7-10-18(29-2)17(11-15)26(27)28/h5-12H,3-4,13H2,1-2H3/b22-12+. The molecular weight excluding hydrogens is 470 g/mol. The molecule has 10 heteroatoms. The monoisotopic (exact) mass is 489 g/mol. The van der Waals surface area contributed by atoms with Gasteiger partial charge in [-0.3, -0.25) is 10.1 Å². The molecule has 0 saturated carbocycles. The van der Waals surface area contributed by atoms with Crippen LogP contribution in [0.25, 0.3) is 0 Å². The Hall–Kier alpha value is -2.72. The summed E-state index contributed by atoms with van der Waals surface area (Å²) in [6.07, 6.45) is 3.20. The van der Waals surface area contributed by atoms with Gasteiger partial charge in [0.1, 0.15) is 0 Å². The fraction of sp³-hybridized carbons (Fsp3) is 0.250. The summed E-state index contributed by atoms with van der Waals surface area (Å²) in [5, 5.41) is 25.0. The number of hydrogen-bond donors (Lipinski definition) is 0. The largest absolute Gasteiger partial charge is 0.490 e. The Morgan fingerprint density at radius 1 is 1.27 bits per heavy atom. The zero-order valence-corrected chi connectivity index (χ0v) is 18.9. The zero-order valence-electron chi connectivity index (χ0n) is 16.5. The normalized spacial score (nSPS) is 11.2. The lowest BCUT2D eigenvalue weighted by atomic mass is 10.2. The first-order chi connectivity index (χ1) is 14.5. The van der Waals surface area contributed by atoms with Crippen molar-refractivity contribution in [3.05, 3.63) is 74.0 Å². The molecule has 0 saturated heterocycles. The average Bonchev–Trinajstić information content (AvgIpc) is 3.13. The van der Waals surface area contributed by atoms with Crippen LogP contribution < -0.4 is 4.74 Å². The van der Waals surface area contributed by atoms with Crippen LogP contribution in [0.1, 0.15) is 30.3 Å². The second-order valence-corrected chi connectivity index (χ2v) is 8.17. The summed E-state index contributed by atoms with van der Waals surface area (Å²) in [6.45, 7) is 2.06. The molecule has 0 amide bonds. The first-order valence-corrected chi connectivity index (χ1v) is 11.0. The third-order valence-electron chi connectivity index (χ3n) is 4.15. The number of nitro benzene ring substituents is 1. The molecule has 0 radical (unpaired) electrons. The van der Waals surface area contributed by atoms with Crippen molar-refractivity contribution in [1.29, 1.82) is 0 Å². The lowest BCUT2D eigenvalue weighted by molar-refractivity contribution is -0.385. The van der Waals surface area contributed by atoms with Crippen molar-refractivity contribution in [3.63, 3.8) is 0 Å². The molecule has 0 atom stereocenters. The van der Waals surface area contributed by atoms with Gasteiger partial charge in [-0.25, -0.2) is 0 Å². The van der Waals surface area contributed by atoms with E-state index in [1.807, 2.05) is 24.3 Å². The minimum absolute atomic E-state index is 0.108. The molecule has 1 aromatic heterocycles. The van der Waals surface area contributed by atoms with Crippen molar-refractivity contribution in [2.75, 3.05) is 7.11 Å². The number of ether oxygens (including phenoxy) is 1. The van der Waals surface area contributed by atoms with Crippen LogP contribution in [-0.2, 0) is 12.2 Å². The Kier molecular flexibility index (Phi) is 7.58. The minimum atomic E-state index is -0.475. The zero-order chi connectivity index (χ0) is 21.5. The molecule has 0 aliphatic rings. The number of nitro groups is 1. The molecule has 3 aromatic rings. The Morgan fingerprint density at radius 2 is 2.03 bits per heavy atom. The smallest absolute Gasteiger partial charge is 0.311 e. The van der Waals surface area contributed by atoms with Crippen molar-refractivity contribution in [1.82, 2.24) is 14.9 Å². The van der Waals surface area contributed by atoms with Crippen LogP contribution in [0.3, 0.4) is 0 Å². The molecule has 0 fully saturated rings. The highest BCUT2D eigenvalue weighted by Gasteiger charge is 2.15. The van der Waals surface area contributed by atoms with Gasteiger partial charge in [-0.1, -0.05) is 46.7 Å². The molecule has 156 valence electrons. The average molecular weight is 490 g/mol. The third-order valence-corrected chi connectivity index (χ3v) is 5.67. The molecule has 0 N–H and O–H groups in total. The Labute approximate surface area is 186 Å². The van der Waals surface area contributed by atoms with Crippen molar-refractivity contribution in [3.8, 4) is 5.75 Å². The van der Waals surface area contributed by atoms with E-state index in [2.05, 4.69) is 38.2 Å². The van der Waals surface area contributed by atoms with E-state index in [0.717, 1.165) is 34.5 Å². The molecular formula is C20H20BrN5O3S. The predicted molar refractivity (Wildman–Crippen MR) is 120 cm³/mol. The van der Waals surface area contributed by atoms with Crippen LogP contribution in [0.15, 0.2) is 57.2 Å². The summed E-state index contributed by atoms with van der Waals surface area (Å²) in [7, 11) is 1.40. The fourth-order valence-electron chi connectivity index (χ4n) is 2.66. The van der Waals surface area contributed by atoms with Gasteiger partial charge in [-0.15, -0.1) is 10.2 Å². The quantitative estimate of drug-likeness (QED) is 0.180. The van der Waals surface area contributed by atoms with E-state index in [0.29, 0.717) is 10.7 Å². The van der Waals surface area contributed by atoms with E-state index in [9.17, 15) is 10.1 Å². The SMILES string of the molecule is CCCc1nnc(SCc2ccc(Br)cc2)n1/N=C/c1ccc(OC)c([N+](=O)[O-])c1. The molecule has 0 bridgehead atoms. The summed E-state index contributed by atoms with van der Waals surface area (Å²) in [5.41, 5.74) is 1.64. The first kappa shape index (κ1) is 22.0. The van der Waals surface area contributed by atoms with Crippen LogP contribution in [-0.4, -0.2) is 33.1 Å². The summed E-state index contributed by atoms with van der Waals surface area (Å²) in [6, 6.07) is 12.8. The molecule has 0 spiro atoms. The molecule has 0 aliphatic heterocycles. The second kappa shape index (κ2) is 10.4. The van der Waals surface area contributed by atoms with Gasteiger partial charge < -0.3 is 4.74 Å². The topological polar surface area (TPSA) is 95.4 Å². The Bertz CT molecular complexity index is 1050. The number of methoxy groups -OCH3 is 1. The van der Waals surface area contributed by atoms with Crippen molar-refractivity contribution < 1.29 is 9.66 Å². The number of rotatable bonds is 9. The maximum atomic E-state index is 11.2. The number of hydrogen-bond acceptors (Lipinski definition) is 7. The number of benzene rings is 2. The lowest BCUT2D eigenvalue weighted by Crippen LogP contribution is -2.01. The van der Waals surface area contributed by atoms with Crippen molar-refractivity contribution >= 4 is 39.6 Å².